The lowest BCUT2D eigenvalue weighted by Gasteiger charge is -2.17. The monoisotopic (exact) mass is 383 g/mol. The van der Waals surface area contributed by atoms with Gasteiger partial charge in [-0.25, -0.2) is 14.0 Å². The summed E-state index contributed by atoms with van der Waals surface area (Å²) in [7, 11) is 1.39. The second kappa shape index (κ2) is 9.23. The molecule has 7 nitrogen and oxygen atoms in total. The van der Waals surface area contributed by atoms with E-state index in [1.54, 1.807) is 6.92 Å². The summed E-state index contributed by atoms with van der Waals surface area (Å²) in [6.07, 6.45) is 1.23. The molecular formula is C17H18FNO6S. The van der Waals surface area contributed by atoms with Gasteiger partial charge in [0.2, 0.25) is 5.91 Å². The third-order valence-corrected chi connectivity index (χ3v) is 4.41. The van der Waals surface area contributed by atoms with Crippen molar-refractivity contribution >= 4 is 29.6 Å². The summed E-state index contributed by atoms with van der Waals surface area (Å²) < 4.78 is 28.6. The molecule has 9 heteroatoms. The van der Waals surface area contributed by atoms with E-state index in [9.17, 15) is 18.8 Å². The highest BCUT2D eigenvalue weighted by atomic mass is 32.2. The Hall–Kier alpha value is -2.55. The van der Waals surface area contributed by atoms with Gasteiger partial charge in [-0.2, -0.15) is 0 Å². The summed E-state index contributed by atoms with van der Waals surface area (Å²) in [5.74, 6) is -1.89. The Morgan fingerprint density at radius 2 is 2.12 bits per heavy atom. The minimum atomic E-state index is -0.847. The van der Waals surface area contributed by atoms with E-state index in [-0.39, 0.29) is 42.7 Å². The van der Waals surface area contributed by atoms with Gasteiger partial charge in [0.15, 0.2) is 0 Å². The van der Waals surface area contributed by atoms with Crippen LogP contribution in [0.2, 0.25) is 0 Å². The first-order valence-electron chi connectivity index (χ1n) is 7.78. The average Bonchev–Trinajstić information content (AvgIpc) is 2.94. The Bertz CT molecular complexity index is 736. The summed E-state index contributed by atoms with van der Waals surface area (Å²) in [5.41, 5.74) is -0.227. The molecule has 140 valence electrons. The van der Waals surface area contributed by atoms with Crippen LogP contribution >= 0.6 is 11.8 Å². The van der Waals surface area contributed by atoms with Crippen LogP contribution in [0.4, 0.5) is 4.39 Å². The van der Waals surface area contributed by atoms with Crippen molar-refractivity contribution in [1.29, 1.82) is 0 Å². The van der Waals surface area contributed by atoms with Crippen LogP contribution in [0.3, 0.4) is 0 Å². The van der Waals surface area contributed by atoms with Crippen LogP contribution in [0.15, 0.2) is 29.3 Å². The molecule has 0 spiro atoms. The molecule has 0 N–H and O–H groups in total. The summed E-state index contributed by atoms with van der Waals surface area (Å²) in [6, 6.07) is 3.79. The molecule has 1 aliphatic rings. The number of esters is 2. The number of carbonyl (C=O) groups is 3. The predicted octanol–water partition coefficient (Wildman–Crippen LogP) is 1.97. The van der Waals surface area contributed by atoms with Crippen LogP contribution in [0.5, 0.6) is 5.75 Å². The van der Waals surface area contributed by atoms with Crippen LogP contribution in [-0.4, -0.2) is 55.4 Å². The van der Waals surface area contributed by atoms with Gasteiger partial charge < -0.3 is 19.1 Å². The standard InChI is InChI=1S/C17H18FNO6S/c1-3-24-16(21)9-15-19(14(20)10-26-15)6-7-25-17(22)12-5-4-11(23-2)8-13(12)18/h4-5,8-9H,3,6-7,10H2,1-2H3/b15-9-. The zero-order valence-corrected chi connectivity index (χ0v) is 15.1. The van der Waals surface area contributed by atoms with Crippen molar-refractivity contribution in [2.45, 2.75) is 6.92 Å². The normalized spacial score (nSPS) is 15.3. The van der Waals surface area contributed by atoms with Crippen LogP contribution in [0, 0.1) is 5.82 Å². The Morgan fingerprint density at radius 3 is 2.77 bits per heavy atom. The molecule has 1 aliphatic heterocycles. The molecule has 1 saturated heterocycles. The number of nitrogens with zero attached hydrogens (tertiary/aromatic N) is 1. The summed E-state index contributed by atoms with van der Waals surface area (Å²) in [4.78, 5) is 36.7. The van der Waals surface area contributed by atoms with Gasteiger partial charge in [-0.3, -0.25) is 4.79 Å². The van der Waals surface area contributed by atoms with E-state index in [2.05, 4.69) is 0 Å². The van der Waals surface area contributed by atoms with E-state index >= 15 is 0 Å². The molecule has 26 heavy (non-hydrogen) atoms. The quantitative estimate of drug-likeness (QED) is 0.526. The number of halogens is 1. The first kappa shape index (κ1) is 19.8. The second-order valence-electron chi connectivity index (χ2n) is 5.05. The van der Waals surface area contributed by atoms with Gasteiger partial charge in [0, 0.05) is 6.07 Å². The molecule has 1 aromatic rings. The Kier molecular flexibility index (Phi) is 7.02. The van der Waals surface area contributed by atoms with E-state index in [0.717, 1.165) is 6.07 Å². The lowest BCUT2D eigenvalue weighted by atomic mass is 10.2. The van der Waals surface area contributed by atoms with Crippen LogP contribution in [-0.2, 0) is 19.1 Å². The van der Waals surface area contributed by atoms with Crippen molar-refractivity contribution in [2.24, 2.45) is 0 Å². The number of thioether (sulfide) groups is 1. The lowest BCUT2D eigenvalue weighted by molar-refractivity contribution is -0.137. The van der Waals surface area contributed by atoms with Gasteiger partial charge in [0.05, 0.1) is 42.7 Å². The van der Waals surface area contributed by atoms with E-state index in [1.807, 2.05) is 0 Å². The topological polar surface area (TPSA) is 82.1 Å². The molecule has 1 aromatic carbocycles. The third kappa shape index (κ3) is 4.98. The molecule has 0 radical (unpaired) electrons. The molecule has 0 atom stereocenters. The molecule has 0 bridgehead atoms. The van der Waals surface area contributed by atoms with Crippen molar-refractivity contribution in [3.63, 3.8) is 0 Å². The maximum absolute atomic E-state index is 13.8. The Balaban J connectivity index is 1.94. The van der Waals surface area contributed by atoms with Crippen LogP contribution in [0.25, 0.3) is 0 Å². The van der Waals surface area contributed by atoms with Gasteiger partial charge in [-0.15, -0.1) is 0 Å². The highest BCUT2D eigenvalue weighted by molar-refractivity contribution is 8.04. The minimum Gasteiger partial charge on any atom is -0.497 e. The van der Waals surface area contributed by atoms with Crippen molar-refractivity contribution in [1.82, 2.24) is 4.90 Å². The summed E-state index contributed by atoms with van der Waals surface area (Å²) in [6.45, 7) is 1.82. The smallest absolute Gasteiger partial charge is 0.341 e. The molecule has 1 heterocycles. The van der Waals surface area contributed by atoms with Gasteiger partial charge in [0.1, 0.15) is 18.2 Å². The number of hydrogen-bond acceptors (Lipinski definition) is 7. The van der Waals surface area contributed by atoms with Gasteiger partial charge in [-0.05, 0) is 19.1 Å². The fourth-order valence-electron chi connectivity index (χ4n) is 2.15. The molecule has 2 rings (SSSR count). The van der Waals surface area contributed by atoms with Crippen molar-refractivity contribution in [3.8, 4) is 5.75 Å². The minimum absolute atomic E-state index is 0.0561. The number of hydrogen-bond donors (Lipinski definition) is 0. The molecule has 1 fully saturated rings. The first-order chi connectivity index (χ1) is 12.5. The molecule has 0 aromatic heterocycles. The zero-order valence-electron chi connectivity index (χ0n) is 14.3. The largest absolute Gasteiger partial charge is 0.497 e. The number of methoxy groups -OCH3 is 1. The molecule has 1 amide bonds. The average molecular weight is 383 g/mol. The molecular weight excluding hydrogens is 365 g/mol. The van der Waals surface area contributed by atoms with Crippen LogP contribution in [0.1, 0.15) is 17.3 Å². The lowest BCUT2D eigenvalue weighted by Crippen LogP contribution is -2.29. The maximum Gasteiger partial charge on any atom is 0.341 e. The third-order valence-electron chi connectivity index (χ3n) is 3.38. The van der Waals surface area contributed by atoms with E-state index in [0.29, 0.717) is 5.03 Å². The van der Waals surface area contributed by atoms with Gasteiger partial charge in [-0.1, -0.05) is 11.8 Å². The number of amides is 1. The molecule has 0 saturated carbocycles. The van der Waals surface area contributed by atoms with E-state index in [4.69, 9.17) is 14.2 Å². The Morgan fingerprint density at radius 1 is 1.35 bits per heavy atom. The zero-order chi connectivity index (χ0) is 19.1. The maximum atomic E-state index is 13.8. The highest BCUT2D eigenvalue weighted by Crippen LogP contribution is 2.28. The van der Waals surface area contributed by atoms with E-state index < -0.39 is 17.8 Å². The number of carbonyl (C=O) groups excluding carboxylic acids is 3. The number of rotatable bonds is 7. The van der Waals surface area contributed by atoms with Gasteiger partial charge in [0.25, 0.3) is 0 Å². The number of ether oxygens (including phenoxy) is 3. The fourth-order valence-corrected chi connectivity index (χ4v) is 3.11. The molecule has 0 aliphatic carbocycles. The van der Waals surface area contributed by atoms with Crippen molar-refractivity contribution in [3.05, 3.63) is 40.7 Å². The second-order valence-corrected chi connectivity index (χ2v) is 6.05. The first-order valence-corrected chi connectivity index (χ1v) is 8.77. The van der Waals surface area contributed by atoms with Crippen LogP contribution < -0.4 is 4.74 Å². The van der Waals surface area contributed by atoms with E-state index in [1.165, 1.54) is 42.0 Å². The van der Waals surface area contributed by atoms with Crippen molar-refractivity contribution in [2.75, 3.05) is 32.6 Å². The Labute approximate surface area is 154 Å². The summed E-state index contributed by atoms with van der Waals surface area (Å²) >= 11 is 1.20. The van der Waals surface area contributed by atoms with Gasteiger partial charge >= 0.3 is 11.9 Å². The summed E-state index contributed by atoms with van der Waals surface area (Å²) in [5, 5.41) is 0.431. The van der Waals surface area contributed by atoms with Crippen molar-refractivity contribution < 1.29 is 33.0 Å². The molecule has 0 unspecified atom stereocenters. The highest BCUT2D eigenvalue weighted by Gasteiger charge is 2.27. The fraction of sp³-hybridized carbons (Fsp3) is 0.353. The number of benzene rings is 1. The SMILES string of the molecule is CCOC(=O)/C=C1\SCC(=O)N1CCOC(=O)c1ccc(OC)cc1F. The predicted molar refractivity (Wildman–Crippen MR) is 92.1 cm³/mol.